The molecule has 50 heavy (non-hydrogen) atoms. The Hall–Kier alpha value is -3.67. The number of rotatable bonds is 7. The van der Waals surface area contributed by atoms with Crippen LogP contribution in [-0.2, 0) is 12.3 Å². The Morgan fingerprint density at radius 1 is 0.980 bits per heavy atom. The van der Waals surface area contributed by atoms with Crippen LogP contribution in [0.4, 0.5) is 27.9 Å². The van der Waals surface area contributed by atoms with E-state index < -0.39 is 30.0 Å². The molecule has 270 valence electrons. The van der Waals surface area contributed by atoms with Crippen LogP contribution in [0.3, 0.4) is 0 Å². The van der Waals surface area contributed by atoms with Gasteiger partial charge >= 0.3 is 0 Å². The van der Waals surface area contributed by atoms with Crippen LogP contribution >= 0.6 is 0 Å². The van der Waals surface area contributed by atoms with Gasteiger partial charge in [0, 0.05) is 87.6 Å². The molecule has 2 aromatic heterocycles. The van der Waals surface area contributed by atoms with Crippen molar-refractivity contribution in [2.45, 2.75) is 108 Å². The second kappa shape index (κ2) is 13.5. The van der Waals surface area contributed by atoms with Gasteiger partial charge in [0.2, 0.25) is 11.9 Å². The normalized spacial score (nSPS) is 21.8. The number of carbonyl (C=O) groups excluding carboxylic acids is 1. The van der Waals surface area contributed by atoms with E-state index >= 15 is 4.39 Å². The summed E-state index contributed by atoms with van der Waals surface area (Å²) in [6.45, 7) is 5.94. The van der Waals surface area contributed by atoms with Gasteiger partial charge in [-0.15, -0.1) is 0 Å². The molecule has 1 N–H and O–H groups in total. The van der Waals surface area contributed by atoms with Crippen molar-refractivity contribution in [1.29, 1.82) is 0 Å². The predicted octanol–water partition coefficient (Wildman–Crippen LogP) is 8.43. The summed E-state index contributed by atoms with van der Waals surface area (Å²) in [5.41, 5.74) is 2.67. The molecule has 1 saturated carbocycles. The summed E-state index contributed by atoms with van der Waals surface area (Å²) in [6.07, 6.45) is 2.01. The van der Waals surface area contributed by atoms with Gasteiger partial charge in [0.1, 0.15) is 0 Å². The van der Waals surface area contributed by atoms with Crippen molar-refractivity contribution in [3.8, 4) is 0 Å². The van der Waals surface area contributed by atoms with Crippen LogP contribution in [-0.4, -0.2) is 64.0 Å². The first-order chi connectivity index (χ1) is 23.4. The zero-order valence-corrected chi connectivity index (χ0v) is 29.3. The van der Waals surface area contributed by atoms with E-state index in [4.69, 9.17) is 4.98 Å². The van der Waals surface area contributed by atoms with Crippen molar-refractivity contribution in [3.05, 3.63) is 81.4 Å². The number of anilines is 1. The second-order valence-electron chi connectivity index (χ2n) is 15.5. The van der Waals surface area contributed by atoms with Gasteiger partial charge in [-0.1, -0.05) is 38.1 Å². The van der Waals surface area contributed by atoms with Crippen molar-refractivity contribution >= 4 is 11.9 Å². The SMILES string of the molecule is CN(C)C(=O)c1cnc(N2CCC(c3nc4c(c(C5CCC(F)(F)CC5)c3C(F)c3ccc(C(C)(F)F)cc3)C(O)CC(C)(C)C4)CC2)nc1. The lowest BCUT2D eigenvalue weighted by atomic mass is 9.68. The molecule has 12 heteroatoms. The summed E-state index contributed by atoms with van der Waals surface area (Å²) >= 11 is 0. The number of halogens is 5. The number of carbonyl (C=O) groups is 1. The Morgan fingerprint density at radius 2 is 1.58 bits per heavy atom. The van der Waals surface area contributed by atoms with Crippen LogP contribution in [0.5, 0.6) is 0 Å². The lowest BCUT2D eigenvalue weighted by Crippen LogP contribution is -2.36. The molecule has 0 radical (unpaired) electrons. The minimum Gasteiger partial charge on any atom is -0.388 e. The quantitative estimate of drug-likeness (QED) is 0.250. The largest absolute Gasteiger partial charge is 0.388 e. The summed E-state index contributed by atoms with van der Waals surface area (Å²) in [5.74, 6) is -6.25. The standard InChI is InChI=1S/C38H46F5N5O2/c1-36(2)18-27-30(28(49)19-36)29(22-10-14-38(42,43)15-11-22)31(32(39)23-6-8-26(9-7-23)37(3,40)41)33(46-27)24-12-16-48(17-13-24)35-44-20-25(21-45-35)34(50)47(4)5/h6-9,20-22,24,28,32,49H,10-19H2,1-5H3. The average Bonchev–Trinajstić information content (AvgIpc) is 3.06. The summed E-state index contributed by atoms with van der Waals surface area (Å²) in [5, 5.41) is 11.6. The number of alkyl halides is 5. The fourth-order valence-corrected chi connectivity index (χ4v) is 8.03. The highest BCUT2D eigenvalue weighted by Crippen LogP contribution is 2.52. The van der Waals surface area contributed by atoms with Gasteiger partial charge in [0.25, 0.3) is 11.8 Å². The fraction of sp³-hybridized carbons (Fsp3) is 0.579. The predicted molar refractivity (Wildman–Crippen MR) is 181 cm³/mol. The van der Waals surface area contributed by atoms with Gasteiger partial charge in [-0.25, -0.2) is 31.9 Å². The lowest BCUT2D eigenvalue weighted by molar-refractivity contribution is -0.0385. The first-order valence-corrected chi connectivity index (χ1v) is 17.5. The number of aliphatic hydroxyl groups excluding tert-OH is 1. The Morgan fingerprint density at radius 3 is 2.14 bits per heavy atom. The zero-order chi connectivity index (χ0) is 36.2. The molecule has 1 saturated heterocycles. The third kappa shape index (κ3) is 7.36. The van der Waals surface area contributed by atoms with Crippen LogP contribution in [0.2, 0.25) is 0 Å². The molecule has 0 spiro atoms. The number of aromatic nitrogens is 3. The Bertz CT molecular complexity index is 1690. The molecule has 2 atom stereocenters. The van der Waals surface area contributed by atoms with E-state index in [1.165, 1.54) is 41.6 Å². The van der Waals surface area contributed by atoms with Crippen molar-refractivity contribution in [2.24, 2.45) is 5.41 Å². The number of nitrogens with zero attached hydrogens (tertiary/aromatic N) is 5. The van der Waals surface area contributed by atoms with Crippen LogP contribution in [0.25, 0.3) is 0 Å². The van der Waals surface area contributed by atoms with Gasteiger partial charge in [-0.2, -0.15) is 0 Å². The molecule has 1 aromatic carbocycles. The summed E-state index contributed by atoms with van der Waals surface area (Å²) in [4.78, 5) is 29.8. The molecule has 1 aliphatic heterocycles. The van der Waals surface area contributed by atoms with E-state index in [0.717, 1.165) is 6.92 Å². The van der Waals surface area contributed by atoms with Crippen LogP contribution in [0.1, 0.15) is 139 Å². The molecule has 2 aliphatic carbocycles. The number of aliphatic hydroxyl groups is 1. The van der Waals surface area contributed by atoms with Gasteiger partial charge in [0.15, 0.2) is 6.17 Å². The first kappa shape index (κ1) is 36.1. The number of pyridine rings is 1. The van der Waals surface area contributed by atoms with E-state index in [1.54, 1.807) is 14.1 Å². The van der Waals surface area contributed by atoms with Crippen molar-refractivity contribution in [1.82, 2.24) is 19.9 Å². The molecule has 2 fully saturated rings. The van der Waals surface area contributed by atoms with Gasteiger partial charge < -0.3 is 14.9 Å². The molecule has 2 unspecified atom stereocenters. The number of benzene rings is 1. The molecule has 1 amide bonds. The first-order valence-electron chi connectivity index (χ1n) is 17.5. The topological polar surface area (TPSA) is 82.5 Å². The molecular weight excluding hydrogens is 653 g/mol. The van der Waals surface area contributed by atoms with Crippen LogP contribution in [0, 0.1) is 5.41 Å². The molecule has 0 bridgehead atoms. The average molecular weight is 700 g/mol. The molecule has 3 heterocycles. The monoisotopic (exact) mass is 699 g/mol. The van der Waals surface area contributed by atoms with Crippen LogP contribution < -0.4 is 4.90 Å². The maximum absolute atomic E-state index is 17.3. The second-order valence-corrected chi connectivity index (χ2v) is 15.5. The Balaban J connectivity index is 1.42. The molecule has 7 nitrogen and oxygen atoms in total. The van der Waals surface area contributed by atoms with Gasteiger partial charge in [-0.3, -0.25) is 9.78 Å². The Labute approximate surface area is 290 Å². The smallest absolute Gasteiger partial charge is 0.270 e. The number of piperidine rings is 1. The minimum atomic E-state index is -3.10. The summed E-state index contributed by atoms with van der Waals surface area (Å²) < 4.78 is 74.5. The van der Waals surface area contributed by atoms with E-state index in [1.807, 2.05) is 18.7 Å². The Kier molecular flexibility index (Phi) is 9.73. The van der Waals surface area contributed by atoms with Crippen molar-refractivity contribution in [3.63, 3.8) is 0 Å². The fourth-order valence-electron chi connectivity index (χ4n) is 8.03. The van der Waals surface area contributed by atoms with E-state index in [-0.39, 0.29) is 59.6 Å². The zero-order valence-electron chi connectivity index (χ0n) is 29.3. The molecular formula is C38H46F5N5O2. The third-order valence-electron chi connectivity index (χ3n) is 10.7. The highest BCUT2D eigenvalue weighted by molar-refractivity contribution is 5.93. The number of hydrogen-bond acceptors (Lipinski definition) is 6. The maximum Gasteiger partial charge on any atom is 0.270 e. The lowest BCUT2D eigenvalue weighted by Gasteiger charge is -2.41. The van der Waals surface area contributed by atoms with Crippen molar-refractivity contribution < 1.29 is 31.9 Å². The molecule has 3 aromatic rings. The molecule has 6 rings (SSSR count). The molecule has 3 aliphatic rings. The van der Waals surface area contributed by atoms with Gasteiger partial charge in [0.05, 0.1) is 17.4 Å². The summed E-state index contributed by atoms with van der Waals surface area (Å²) in [6, 6.07) is 5.18. The number of fused-ring (bicyclic) bond motifs is 1. The van der Waals surface area contributed by atoms with Crippen molar-refractivity contribution in [2.75, 3.05) is 32.1 Å². The number of amides is 1. The van der Waals surface area contributed by atoms with E-state index in [2.05, 4.69) is 9.97 Å². The summed E-state index contributed by atoms with van der Waals surface area (Å²) in [7, 11) is 3.31. The van der Waals surface area contributed by atoms with Crippen LogP contribution in [0.15, 0.2) is 36.7 Å². The van der Waals surface area contributed by atoms with Gasteiger partial charge in [-0.05, 0) is 61.0 Å². The van der Waals surface area contributed by atoms with E-state index in [9.17, 15) is 27.5 Å². The minimum absolute atomic E-state index is 0.141. The highest BCUT2D eigenvalue weighted by atomic mass is 19.3. The third-order valence-corrected chi connectivity index (χ3v) is 10.7. The van der Waals surface area contributed by atoms with E-state index in [0.29, 0.717) is 72.8 Å². The number of hydrogen-bond donors (Lipinski definition) is 1. The maximum atomic E-state index is 17.3. The highest BCUT2D eigenvalue weighted by Gasteiger charge is 2.43.